The number of hydrogen-bond acceptors (Lipinski definition) is 6. The van der Waals surface area contributed by atoms with Crippen LogP contribution in [0, 0.1) is 0 Å². The molecule has 3 aromatic heterocycles. The average molecular weight is 318 g/mol. The summed E-state index contributed by atoms with van der Waals surface area (Å²) in [5, 5.41) is 3.38. The van der Waals surface area contributed by atoms with E-state index in [9.17, 15) is 0 Å². The van der Waals surface area contributed by atoms with Gasteiger partial charge in [-0.05, 0) is 24.3 Å². The zero-order chi connectivity index (χ0) is 16.2. The third kappa shape index (κ3) is 3.09. The molecular weight excluding hydrogens is 300 g/mol. The van der Waals surface area contributed by atoms with Crippen LogP contribution in [0.25, 0.3) is 22.6 Å². The molecule has 6 heteroatoms. The molecule has 1 saturated heterocycles. The first kappa shape index (κ1) is 14.7. The van der Waals surface area contributed by atoms with Crippen molar-refractivity contribution in [1.29, 1.82) is 0 Å². The first-order valence-electron chi connectivity index (χ1n) is 8.06. The van der Waals surface area contributed by atoms with Gasteiger partial charge in [-0.3, -0.25) is 9.97 Å². The van der Waals surface area contributed by atoms with Crippen LogP contribution in [0.1, 0.15) is 0 Å². The Morgan fingerprint density at radius 2 is 1.42 bits per heavy atom. The van der Waals surface area contributed by atoms with Gasteiger partial charge in [0.05, 0.1) is 5.69 Å². The molecule has 0 bridgehead atoms. The Balaban J connectivity index is 1.81. The van der Waals surface area contributed by atoms with Crippen molar-refractivity contribution in [3.8, 4) is 22.6 Å². The van der Waals surface area contributed by atoms with Crippen LogP contribution in [0.4, 0.5) is 5.82 Å². The van der Waals surface area contributed by atoms with Gasteiger partial charge >= 0.3 is 0 Å². The lowest BCUT2D eigenvalue weighted by Gasteiger charge is -2.28. The molecule has 120 valence electrons. The molecule has 1 aliphatic heterocycles. The molecule has 1 fully saturated rings. The molecule has 0 radical (unpaired) electrons. The van der Waals surface area contributed by atoms with Gasteiger partial charge in [0.25, 0.3) is 0 Å². The quantitative estimate of drug-likeness (QED) is 0.797. The highest BCUT2D eigenvalue weighted by Crippen LogP contribution is 2.25. The molecule has 0 saturated carbocycles. The van der Waals surface area contributed by atoms with E-state index < -0.39 is 0 Å². The van der Waals surface area contributed by atoms with Crippen molar-refractivity contribution in [3.63, 3.8) is 0 Å². The normalized spacial score (nSPS) is 14.6. The van der Waals surface area contributed by atoms with Crippen LogP contribution in [-0.2, 0) is 0 Å². The average Bonchev–Trinajstić information content (AvgIpc) is 2.70. The molecule has 0 unspecified atom stereocenters. The van der Waals surface area contributed by atoms with Crippen molar-refractivity contribution in [2.45, 2.75) is 0 Å². The van der Waals surface area contributed by atoms with Crippen LogP contribution < -0.4 is 10.2 Å². The van der Waals surface area contributed by atoms with Gasteiger partial charge in [0.15, 0.2) is 5.82 Å². The van der Waals surface area contributed by atoms with Gasteiger partial charge in [-0.1, -0.05) is 0 Å². The van der Waals surface area contributed by atoms with Crippen molar-refractivity contribution < 1.29 is 0 Å². The topological polar surface area (TPSA) is 66.8 Å². The molecule has 0 spiro atoms. The number of nitrogens with zero attached hydrogens (tertiary/aromatic N) is 5. The van der Waals surface area contributed by atoms with E-state index in [0.29, 0.717) is 0 Å². The molecular formula is C18H18N6. The lowest BCUT2D eigenvalue weighted by molar-refractivity contribution is 0.585. The fourth-order valence-electron chi connectivity index (χ4n) is 2.79. The Morgan fingerprint density at radius 3 is 2.08 bits per heavy atom. The van der Waals surface area contributed by atoms with Crippen molar-refractivity contribution in [2.75, 3.05) is 31.1 Å². The van der Waals surface area contributed by atoms with Gasteiger partial charge in [-0.25, -0.2) is 9.97 Å². The van der Waals surface area contributed by atoms with E-state index in [1.165, 1.54) is 0 Å². The molecule has 3 aromatic rings. The largest absolute Gasteiger partial charge is 0.354 e. The van der Waals surface area contributed by atoms with E-state index in [0.717, 1.165) is 54.6 Å². The van der Waals surface area contributed by atoms with Crippen LogP contribution in [0.2, 0.25) is 0 Å². The van der Waals surface area contributed by atoms with Gasteiger partial charge in [0.2, 0.25) is 0 Å². The second-order valence-corrected chi connectivity index (χ2v) is 5.64. The van der Waals surface area contributed by atoms with E-state index in [4.69, 9.17) is 9.97 Å². The zero-order valence-electron chi connectivity index (χ0n) is 13.3. The summed E-state index contributed by atoms with van der Waals surface area (Å²) in [6, 6.07) is 9.88. The van der Waals surface area contributed by atoms with Crippen LogP contribution in [0.5, 0.6) is 0 Å². The summed E-state index contributed by atoms with van der Waals surface area (Å²) in [6.07, 6.45) is 7.10. The smallest absolute Gasteiger partial charge is 0.162 e. The minimum Gasteiger partial charge on any atom is -0.354 e. The molecule has 0 atom stereocenters. The van der Waals surface area contributed by atoms with Crippen LogP contribution in [-0.4, -0.2) is 46.1 Å². The molecule has 0 aliphatic carbocycles. The maximum atomic E-state index is 4.80. The van der Waals surface area contributed by atoms with E-state index in [2.05, 4.69) is 26.3 Å². The maximum Gasteiger partial charge on any atom is 0.162 e. The number of aromatic nitrogens is 4. The Bertz CT molecular complexity index is 743. The summed E-state index contributed by atoms with van der Waals surface area (Å²) in [5.41, 5.74) is 2.92. The minimum atomic E-state index is 0.722. The summed E-state index contributed by atoms with van der Waals surface area (Å²) in [5.74, 6) is 1.69. The Hall–Kier alpha value is -2.86. The Morgan fingerprint density at radius 1 is 0.792 bits per heavy atom. The van der Waals surface area contributed by atoms with E-state index in [-0.39, 0.29) is 0 Å². The predicted octanol–water partition coefficient (Wildman–Crippen LogP) is 2.01. The monoisotopic (exact) mass is 318 g/mol. The number of pyridine rings is 2. The fourth-order valence-corrected chi connectivity index (χ4v) is 2.79. The molecule has 1 aliphatic rings. The zero-order valence-corrected chi connectivity index (χ0v) is 13.3. The standard InChI is InChI=1S/C18H18N6/c1-5-19-6-2-14(1)16-13-17(24-11-9-21-10-12-24)23-18(22-16)15-3-7-20-8-4-15/h1-8,13,21H,9-12H2. The van der Waals surface area contributed by atoms with Gasteiger partial charge in [0.1, 0.15) is 5.82 Å². The molecule has 4 rings (SSSR count). The fraction of sp³-hybridized carbons (Fsp3) is 0.222. The van der Waals surface area contributed by atoms with Crippen LogP contribution in [0.15, 0.2) is 55.1 Å². The van der Waals surface area contributed by atoms with Crippen molar-refractivity contribution in [3.05, 3.63) is 55.1 Å². The van der Waals surface area contributed by atoms with E-state index in [1.807, 2.05) is 24.3 Å². The molecule has 0 aromatic carbocycles. The molecule has 24 heavy (non-hydrogen) atoms. The molecule has 0 amide bonds. The highest BCUT2D eigenvalue weighted by molar-refractivity contribution is 5.67. The summed E-state index contributed by atoms with van der Waals surface area (Å²) in [6.45, 7) is 3.84. The first-order chi connectivity index (χ1) is 11.9. The third-order valence-corrected chi connectivity index (χ3v) is 4.07. The van der Waals surface area contributed by atoms with Gasteiger partial charge in [0, 0.05) is 68.2 Å². The number of piperazine rings is 1. The predicted molar refractivity (Wildman–Crippen MR) is 93.6 cm³/mol. The highest BCUT2D eigenvalue weighted by atomic mass is 15.2. The Kier molecular flexibility index (Phi) is 4.12. The summed E-state index contributed by atoms with van der Waals surface area (Å²) in [7, 11) is 0. The lowest BCUT2D eigenvalue weighted by atomic mass is 10.1. The number of rotatable bonds is 3. The van der Waals surface area contributed by atoms with Gasteiger partial charge < -0.3 is 10.2 Å². The number of hydrogen-bond donors (Lipinski definition) is 1. The van der Waals surface area contributed by atoms with Crippen molar-refractivity contribution in [2.24, 2.45) is 0 Å². The highest BCUT2D eigenvalue weighted by Gasteiger charge is 2.15. The minimum absolute atomic E-state index is 0.722. The lowest BCUT2D eigenvalue weighted by Crippen LogP contribution is -2.44. The van der Waals surface area contributed by atoms with Gasteiger partial charge in [-0.2, -0.15) is 0 Å². The summed E-state index contributed by atoms with van der Waals surface area (Å²) in [4.78, 5) is 20.0. The second-order valence-electron chi connectivity index (χ2n) is 5.64. The summed E-state index contributed by atoms with van der Waals surface area (Å²) < 4.78 is 0. The Labute approximate surface area is 140 Å². The van der Waals surface area contributed by atoms with E-state index in [1.54, 1.807) is 24.8 Å². The molecule has 6 nitrogen and oxygen atoms in total. The SMILES string of the molecule is c1cc(-c2cc(N3CCNCC3)nc(-c3ccncc3)n2)ccn1. The van der Waals surface area contributed by atoms with Crippen molar-refractivity contribution >= 4 is 5.82 Å². The summed E-state index contributed by atoms with van der Waals surface area (Å²) >= 11 is 0. The number of anilines is 1. The number of nitrogens with one attached hydrogen (secondary N) is 1. The third-order valence-electron chi connectivity index (χ3n) is 4.07. The van der Waals surface area contributed by atoms with Gasteiger partial charge in [-0.15, -0.1) is 0 Å². The van der Waals surface area contributed by atoms with Crippen LogP contribution >= 0.6 is 0 Å². The molecule has 1 N–H and O–H groups in total. The molecule has 4 heterocycles. The first-order valence-corrected chi connectivity index (χ1v) is 8.06. The maximum absolute atomic E-state index is 4.80. The second kappa shape index (κ2) is 6.72. The van der Waals surface area contributed by atoms with Crippen LogP contribution in [0.3, 0.4) is 0 Å². The van der Waals surface area contributed by atoms with Crippen molar-refractivity contribution in [1.82, 2.24) is 25.3 Å². The van der Waals surface area contributed by atoms with E-state index >= 15 is 0 Å².